The van der Waals surface area contributed by atoms with Crippen molar-refractivity contribution in [3.63, 3.8) is 0 Å². The van der Waals surface area contributed by atoms with Gasteiger partial charge in [-0.25, -0.2) is 9.97 Å². The summed E-state index contributed by atoms with van der Waals surface area (Å²) in [5, 5.41) is 5.66. The van der Waals surface area contributed by atoms with E-state index in [-0.39, 0.29) is 11.8 Å². The van der Waals surface area contributed by atoms with Crippen LogP contribution in [0.1, 0.15) is 26.3 Å². The largest absolute Gasteiger partial charge is 0.322 e. The number of hydrogen-bond donors (Lipinski definition) is 2. The van der Waals surface area contributed by atoms with Gasteiger partial charge in [0.1, 0.15) is 0 Å². The first kappa shape index (κ1) is 20.0. The van der Waals surface area contributed by atoms with E-state index >= 15 is 0 Å². The molecule has 0 fully saturated rings. The van der Waals surface area contributed by atoms with Crippen LogP contribution in [0.3, 0.4) is 0 Å². The molecule has 152 valence electrons. The SMILES string of the molecule is Cc1ccc(C(=O)Nc2cnc(-c3ccccc3)nc2)cc1NC(=O)c1ccccc1. The number of carbonyl (C=O) groups excluding carboxylic acids is 2. The molecule has 2 amide bonds. The highest BCUT2D eigenvalue weighted by Gasteiger charge is 2.12. The Morgan fingerprint density at radius 1 is 0.710 bits per heavy atom. The molecule has 0 aliphatic carbocycles. The van der Waals surface area contributed by atoms with Crippen molar-refractivity contribution >= 4 is 23.2 Å². The van der Waals surface area contributed by atoms with Crippen LogP contribution in [0.4, 0.5) is 11.4 Å². The Bertz CT molecular complexity index is 1210. The Balaban J connectivity index is 1.47. The van der Waals surface area contributed by atoms with E-state index < -0.39 is 0 Å². The van der Waals surface area contributed by atoms with E-state index in [0.717, 1.165) is 11.1 Å². The number of nitrogens with zero attached hydrogens (tertiary/aromatic N) is 2. The fourth-order valence-corrected chi connectivity index (χ4v) is 3.01. The first-order valence-corrected chi connectivity index (χ1v) is 9.76. The van der Waals surface area contributed by atoms with Gasteiger partial charge in [-0.1, -0.05) is 54.6 Å². The molecule has 0 unspecified atom stereocenters. The minimum Gasteiger partial charge on any atom is -0.322 e. The summed E-state index contributed by atoms with van der Waals surface area (Å²) in [5.41, 5.74) is 3.79. The van der Waals surface area contributed by atoms with Gasteiger partial charge in [0.05, 0.1) is 18.1 Å². The van der Waals surface area contributed by atoms with Gasteiger partial charge in [-0.3, -0.25) is 9.59 Å². The molecule has 1 heterocycles. The smallest absolute Gasteiger partial charge is 0.255 e. The summed E-state index contributed by atoms with van der Waals surface area (Å²) in [5.74, 6) is 0.0391. The Hall–Kier alpha value is -4.32. The fraction of sp³-hybridized carbons (Fsp3) is 0.0400. The monoisotopic (exact) mass is 408 g/mol. The maximum absolute atomic E-state index is 12.7. The normalized spacial score (nSPS) is 10.4. The summed E-state index contributed by atoms with van der Waals surface area (Å²) in [7, 11) is 0. The Morgan fingerprint density at radius 3 is 2.00 bits per heavy atom. The first-order valence-electron chi connectivity index (χ1n) is 9.76. The minimum absolute atomic E-state index is 0.230. The van der Waals surface area contributed by atoms with Gasteiger partial charge >= 0.3 is 0 Å². The average Bonchev–Trinajstić information content (AvgIpc) is 2.82. The predicted molar refractivity (Wildman–Crippen MR) is 121 cm³/mol. The molecule has 31 heavy (non-hydrogen) atoms. The highest BCUT2D eigenvalue weighted by atomic mass is 16.2. The van der Waals surface area contributed by atoms with Gasteiger partial charge in [0.2, 0.25) is 0 Å². The number of aryl methyl sites for hydroxylation is 1. The van der Waals surface area contributed by atoms with E-state index in [0.29, 0.717) is 28.3 Å². The number of nitrogens with one attached hydrogen (secondary N) is 2. The zero-order chi connectivity index (χ0) is 21.6. The van der Waals surface area contributed by atoms with Crippen molar-refractivity contribution in [2.24, 2.45) is 0 Å². The lowest BCUT2D eigenvalue weighted by atomic mass is 10.1. The van der Waals surface area contributed by atoms with Crippen LogP contribution < -0.4 is 10.6 Å². The lowest BCUT2D eigenvalue weighted by Gasteiger charge is -2.11. The lowest BCUT2D eigenvalue weighted by Crippen LogP contribution is -2.15. The molecular formula is C25H20N4O2. The van der Waals surface area contributed by atoms with Crippen LogP contribution in [0.5, 0.6) is 0 Å². The molecule has 6 nitrogen and oxygen atoms in total. The Morgan fingerprint density at radius 2 is 1.32 bits per heavy atom. The molecule has 0 saturated heterocycles. The summed E-state index contributed by atoms with van der Waals surface area (Å²) < 4.78 is 0. The number of benzene rings is 3. The van der Waals surface area contributed by atoms with Crippen molar-refractivity contribution in [3.05, 3.63) is 108 Å². The first-order chi connectivity index (χ1) is 15.1. The molecule has 4 rings (SSSR count). The molecule has 6 heteroatoms. The van der Waals surface area contributed by atoms with Gasteiger partial charge in [-0.15, -0.1) is 0 Å². The van der Waals surface area contributed by atoms with E-state index in [1.807, 2.05) is 43.3 Å². The number of amides is 2. The zero-order valence-electron chi connectivity index (χ0n) is 16.9. The van der Waals surface area contributed by atoms with E-state index in [2.05, 4.69) is 20.6 Å². The molecule has 0 radical (unpaired) electrons. The number of carbonyl (C=O) groups is 2. The highest BCUT2D eigenvalue weighted by molar-refractivity contribution is 6.07. The zero-order valence-corrected chi connectivity index (χ0v) is 16.9. The van der Waals surface area contributed by atoms with Gasteiger partial charge in [-0.05, 0) is 36.8 Å². The Labute approximate surface area is 180 Å². The molecule has 0 aliphatic rings. The third kappa shape index (κ3) is 4.82. The van der Waals surface area contributed by atoms with Crippen LogP contribution >= 0.6 is 0 Å². The van der Waals surface area contributed by atoms with Crippen LogP contribution in [-0.2, 0) is 0 Å². The average molecular weight is 408 g/mol. The van der Waals surface area contributed by atoms with E-state index in [1.54, 1.807) is 54.9 Å². The van der Waals surface area contributed by atoms with Crippen molar-refractivity contribution in [2.45, 2.75) is 6.92 Å². The minimum atomic E-state index is -0.314. The van der Waals surface area contributed by atoms with Crippen LogP contribution in [0, 0.1) is 6.92 Å². The van der Waals surface area contributed by atoms with Crippen molar-refractivity contribution in [1.29, 1.82) is 0 Å². The summed E-state index contributed by atoms with van der Waals surface area (Å²) in [6.07, 6.45) is 3.14. The van der Waals surface area contributed by atoms with Crippen LogP contribution in [0.25, 0.3) is 11.4 Å². The van der Waals surface area contributed by atoms with E-state index in [9.17, 15) is 9.59 Å². The molecular weight excluding hydrogens is 388 g/mol. The van der Waals surface area contributed by atoms with Crippen molar-refractivity contribution in [3.8, 4) is 11.4 Å². The molecule has 0 saturated carbocycles. The highest BCUT2D eigenvalue weighted by Crippen LogP contribution is 2.20. The van der Waals surface area contributed by atoms with Gasteiger partial charge in [0, 0.05) is 22.4 Å². The molecule has 0 bridgehead atoms. The maximum Gasteiger partial charge on any atom is 0.255 e. The summed E-state index contributed by atoms with van der Waals surface area (Å²) in [6, 6.07) is 23.7. The number of rotatable bonds is 5. The molecule has 0 aliphatic heterocycles. The second kappa shape index (κ2) is 9.00. The number of hydrogen-bond acceptors (Lipinski definition) is 4. The van der Waals surface area contributed by atoms with E-state index in [4.69, 9.17) is 0 Å². The van der Waals surface area contributed by atoms with Gasteiger partial charge < -0.3 is 10.6 Å². The number of anilines is 2. The molecule has 0 spiro atoms. The van der Waals surface area contributed by atoms with Gasteiger partial charge in [0.25, 0.3) is 11.8 Å². The standard InChI is InChI=1S/C25H20N4O2/c1-17-12-13-20(14-22(17)29-24(30)19-10-6-3-7-11-19)25(31)28-21-15-26-23(27-16-21)18-8-4-2-5-9-18/h2-16H,1H3,(H,28,31)(H,29,30). The third-order valence-electron chi connectivity index (χ3n) is 4.73. The topological polar surface area (TPSA) is 84.0 Å². The van der Waals surface area contributed by atoms with Gasteiger partial charge in [0.15, 0.2) is 5.82 Å². The lowest BCUT2D eigenvalue weighted by molar-refractivity contribution is 0.101. The molecule has 3 aromatic carbocycles. The molecule has 4 aromatic rings. The quantitative estimate of drug-likeness (QED) is 0.489. The molecule has 0 atom stereocenters. The van der Waals surface area contributed by atoms with E-state index in [1.165, 1.54) is 0 Å². The third-order valence-corrected chi connectivity index (χ3v) is 4.73. The molecule has 1 aromatic heterocycles. The summed E-state index contributed by atoms with van der Waals surface area (Å²) in [4.78, 5) is 33.8. The predicted octanol–water partition coefficient (Wildman–Crippen LogP) is 4.96. The van der Waals surface area contributed by atoms with Crippen LogP contribution in [-0.4, -0.2) is 21.8 Å². The summed E-state index contributed by atoms with van der Waals surface area (Å²) in [6.45, 7) is 1.87. The van der Waals surface area contributed by atoms with Crippen molar-refractivity contribution in [1.82, 2.24) is 9.97 Å². The van der Waals surface area contributed by atoms with Crippen LogP contribution in [0.15, 0.2) is 91.3 Å². The second-order valence-corrected chi connectivity index (χ2v) is 6.97. The molecule has 2 N–H and O–H groups in total. The van der Waals surface area contributed by atoms with Crippen molar-refractivity contribution < 1.29 is 9.59 Å². The van der Waals surface area contributed by atoms with Gasteiger partial charge in [-0.2, -0.15) is 0 Å². The van der Waals surface area contributed by atoms with Crippen LogP contribution in [0.2, 0.25) is 0 Å². The van der Waals surface area contributed by atoms with Crippen molar-refractivity contribution in [2.75, 3.05) is 10.6 Å². The second-order valence-electron chi connectivity index (χ2n) is 6.97. The number of aromatic nitrogens is 2. The fourth-order valence-electron chi connectivity index (χ4n) is 3.01. The Kier molecular flexibility index (Phi) is 5.80. The maximum atomic E-state index is 12.7. The summed E-state index contributed by atoms with van der Waals surface area (Å²) >= 11 is 0.